The Kier molecular flexibility index (Phi) is 6.31. The number of hydrogen-bond acceptors (Lipinski definition) is 2. The molecule has 110 valence electrons. The van der Waals surface area contributed by atoms with E-state index in [4.69, 9.17) is 16.7 Å². The van der Waals surface area contributed by atoms with Gasteiger partial charge in [0.05, 0.1) is 5.92 Å². The van der Waals surface area contributed by atoms with E-state index in [9.17, 15) is 9.59 Å². The summed E-state index contributed by atoms with van der Waals surface area (Å²) in [5.41, 5.74) is 1.58. The quantitative estimate of drug-likeness (QED) is 0.705. The van der Waals surface area contributed by atoms with Crippen molar-refractivity contribution in [3.05, 3.63) is 28.8 Å². The Labute approximate surface area is 123 Å². The van der Waals surface area contributed by atoms with E-state index in [0.29, 0.717) is 30.1 Å². The molecule has 1 unspecified atom stereocenters. The molecule has 0 saturated carbocycles. The number of hydrogen-bond donors (Lipinski definition) is 3. The van der Waals surface area contributed by atoms with Crippen LogP contribution in [0.15, 0.2) is 18.2 Å². The van der Waals surface area contributed by atoms with Crippen LogP contribution in [-0.2, 0) is 4.79 Å². The second-order valence-corrected chi connectivity index (χ2v) is 5.16. The maximum Gasteiger partial charge on any atom is 0.319 e. The van der Waals surface area contributed by atoms with Crippen molar-refractivity contribution in [3.8, 4) is 0 Å². The van der Waals surface area contributed by atoms with Crippen LogP contribution < -0.4 is 10.6 Å². The van der Waals surface area contributed by atoms with Gasteiger partial charge in [0.25, 0.3) is 0 Å². The zero-order valence-corrected chi connectivity index (χ0v) is 12.3. The van der Waals surface area contributed by atoms with Crippen molar-refractivity contribution in [1.82, 2.24) is 5.32 Å². The van der Waals surface area contributed by atoms with Gasteiger partial charge < -0.3 is 15.7 Å². The average Bonchev–Trinajstić information content (AvgIpc) is 2.38. The number of carbonyl (C=O) groups excluding carboxylic acids is 1. The number of halogens is 1. The third-order valence-electron chi connectivity index (χ3n) is 2.97. The van der Waals surface area contributed by atoms with Crippen molar-refractivity contribution in [2.24, 2.45) is 5.92 Å². The monoisotopic (exact) mass is 298 g/mol. The number of urea groups is 1. The molecule has 0 aromatic heterocycles. The van der Waals surface area contributed by atoms with E-state index in [2.05, 4.69) is 10.6 Å². The largest absolute Gasteiger partial charge is 0.481 e. The first-order chi connectivity index (χ1) is 9.40. The van der Waals surface area contributed by atoms with Gasteiger partial charge in [-0.05, 0) is 37.5 Å². The summed E-state index contributed by atoms with van der Waals surface area (Å²) in [5, 5.41) is 14.7. The second kappa shape index (κ2) is 7.75. The molecule has 0 heterocycles. The summed E-state index contributed by atoms with van der Waals surface area (Å²) in [5.74, 6) is -1.21. The summed E-state index contributed by atoms with van der Waals surface area (Å²) in [6, 6.07) is 4.95. The second-order valence-electron chi connectivity index (χ2n) is 4.72. The maximum atomic E-state index is 11.7. The lowest BCUT2D eigenvalue weighted by Crippen LogP contribution is -2.30. The summed E-state index contributed by atoms with van der Waals surface area (Å²) < 4.78 is 0. The molecular weight excluding hydrogens is 280 g/mol. The van der Waals surface area contributed by atoms with Crippen molar-refractivity contribution < 1.29 is 14.7 Å². The molecule has 0 bridgehead atoms. The smallest absolute Gasteiger partial charge is 0.319 e. The van der Waals surface area contributed by atoms with E-state index in [0.717, 1.165) is 5.56 Å². The molecule has 0 aliphatic heterocycles. The van der Waals surface area contributed by atoms with Gasteiger partial charge in [-0.1, -0.05) is 24.6 Å². The molecule has 0 aliphatic rings. The number of rotatable bonds is 6. The fraction of sp³-hybridized carbons (Fsp3) is 0.429. The highest BCUT2D eigenvalue weighted by atomic mass is 35.5. The van der Waals surface area contributed by atoms with Crippen LogP contribution in [0.4, 0.5) is 10.5 Å². The number of amides is 2. The van der Waals surface area contributed by atoms with Gasteiger partial charge in [-0.2, -0.15) is 0 Å². The molecule has 1 aromatic rings. The first-order valence-electron chi connectivity index (χ1n) is 6.44. The zero-order valence-electron chi connectivity index (χ0n) is 11.6. The van der Waals surface area contributed by atoms with Crippen LogP contribution in [0.5, 0.6) is 0 Å². The van der Waals surface area contributed by atoms with Crippen LogP contribution in [0.1, 0.15) is 25.3 Å². The lowest BCUT2D eigenvalue weighted by molar-refractivity contribution is -0.141. The van der Waals surface area contributed by atoms with Gasteiger partial charge in [0.15, 0.2) is 0 Å². The minimum atomic E-state index is -0.816. The van der Waals surface area contributed by atoms with Gasteiger partial charge in [0, 0.05) is 17.3 Å². The third kappa shape index (κ3) is 5.48. The number of benzene rings is 1. The summed E-state index contributed by atoms with van der Waals surface area (Å²) in [6.45, 7) is 3.96. The molecule has 0 saturated heterocycles. The molecule has 1 rings (SSSR count). The first kappa shape index (κ1) is 16.3. The van der Waals surface area contributed by atoms with Crippen LogP contribution in [0.2, 0.25) is 5.02 Å². The van der Waals surface area contributed by atoms with Gasteiger partial charge in [0.2, 0.25) is 0 Å². The van der Waals surface area contributed by atoms with Gasteiger partial charge in [-0.15, -0.1) is 0 Å². The van der Waals surface area contributed by atoms with Gasteiger partial charge in [-0.3, -0.25) is 4.79 Å². The molecule has 0 fully saturated rings. The molecule has 1 aromatic carbocycles. The van der Waals surface area contributed by atoms with E-state index >= 15 is 0 Å². The number of aliphatic carboxylic acids is 1. The van der Waals surface area contributed by atoms with Gasteiger partial charge in [-0.25, -0.2) is 4.79 Å². The lowest BCUT2D eigenvalue weighted by atomic mass is 10.1. The minimum Gasteiger partial charge on any atom is -0.481 e. The van der Waals surface area contributed by atoms with Crippen LogP contribution >= 0.6 is 11.6 Å². The lowest BCUT2D eigenvalue weighted by Gasteiger charge is -2.11. The van der Waals surface area contributed by atoms with Crippen molar-refractivity contribution >= 4 is 29.3 Å². The number of anilines is 1. The van der Waals surface area contributed by atoms with E-state index in [1.165, 1.54) is 0 Å². The minimum absolute atomic E-state index is 0.321. The van der Waals surface area contributed by atoms with E-state index in [1.54, 1.807) is 19.1 Å². The van der Waals surface area contributed by atoms with Crippen molar-refractivity contribution in [2.75, 3.05) is 11.9 Å². The van der Waals surface area contributed by atoms with Gasteiger partial charge >= 0.3 is 12.0 Å². The number of aryl methyl sites for hydroxylation is 1. The Bertz CT molecular complexity index is 491. The van der Waals surface area contributed by atoms with Crippen LogP contribution in [-0.4, -0.2) is 23.7 Å². The molecule has 0 spiro atoms. The zero-order chi connectivity index (χ0) is 15.1. The molecule has 3 N–H and O–H groups in total. The molecule has 0 aliphatic carbocycles. The Morgan fingerprint density at radius 1 is 1.40 bits per heavy atom. The number of carboxylic acids is 1. The van der Waals surface area contributed by atoms with Crippen molar-refractivity contribution in [2.45, 2.75) is 26.7 Å². The molecule has 20 heavy (non-hydrogen) atoms. The third-order valence-corrected chi connectivity index (χ3v) is 3.20. The van der Waals surface area contributed by atoms with Crippen LogP contribution in [0.25, 0.3) is 0 Å². The van der Waals surface area contributed by atoms with Crippen LogP contribution in [0.3, 0.4) is 0 Å². The fourth-order valence-electron chi connectivity index (χ4n) is 1.63. The predicted octanol–water partition coefficient (Wildman–Crippen LogP) is 3.27. The fourth-order valence-corrected chi connectivity index (χ4v) is 1.80. The maximum absolute atomic E-state index is 11.7. The standard InChI is InChI=1S/C14H19ClN2O3/c1-9-5-6-11(15)8-12(9)17-14(20)16-7-3-4-10(2)13(18)19/h5-6,8,10H,3-4,7H2,1-2H3,(H,18,19)(H2,16,17,20). The van der Waals surface area contributed by atoms with E-state index in [-0.39, 0.29) is 6.03 Å². The normalized spacial score (nSPS) is 11.8. The molecule has 6 heteroatoms. The Balaban J connectivity index is 2.34. The Morgan fingerprint density at radius 2 is 2.10 bits per heavy atom. The van der Waals surface area contributed by atoms with Crippen molar-refractivity contribution in [3.63, 3.8) is 0 Å². The number of carbonyl (C=O) groups is 2. The molecule has 0 radical (unpaired) electrons. The molecule has 1 atom stereocenters. The summed E-state index contributed by atoms with van der Waals surface area (Å²) in [6.07, 6.45) is 1.15. The van der Waals surface area contributed by atoms with Crippen LogP contribution in [0, 0.1) is 12.8 Å². The highest BCUT2D eigenvalue weighted by Gasteiger charge is 2.10. The molecule has 5 nitrogen and oxygen atoms in total. The Hall–Kier alpha value is -1.75. The number of carboxylic acid groups (broad SMARTS) is 1. The summed E-state index contributed by atoms with van der Waals surface area (Å²) in [4.78, 5) is 22.3. The Morgan fingerprint density at radius 3 is 2.75 bits per heavy atom. The van der Waals surface area contributed by atoms with E-state index in [1.807, 2.05) is 13.0 Å². The van der Waals surface area contributed by atoms with E-state index < -0.39 is 11.9 Å². The summed E-state index contributed by atoms with van der Waals surface area (Å²) in [7, 11) is 0. The molecular formula is C14H19ClN2O3. The average molecular weight is 299 g/mol. The summed E-state index contributed by atoms with van der Waals surface area (Å²) >= 11 is 5.86. The predicted molar refractivity (Wildman–Crippen MR) is 79.2 cm³/mol. The van der Waals surface area contributed by atoms with Crippen molar-refractivity contribution in [1.29, 1.82) is 0 Å². The topological polar surface area (TPSA) is 78.4 Å². The highest BCUT2D eigenvalue weighted by molar-refractivity contribution is 6.31. The molecule has 2 amide bonds. The van der Waals surface area contributed by atoms with Gasteiger partial charge in [0.1, 0.15) is 0 Å². The first-order valence-corrected chi connectivity index (χ1v) is 6.81. The highest BCUT2D eigenvalue weighted by Crippen LogP contribution is 2.19. The SMILES string of the molecule is Cc1ccc(Cl)cc1NC(=O)NCCCC(C)C(=O)O. The number of nitrogens with one attached hydrogen (secondary N) is 2.